The molecular formula is C33H29BF8N4O6. The molecule has 1 aliphatic heterocycles. The number of hydrogen-bond acceptors (Lipinski definition) is 7. The molecule has 3 heterocycles. The summed E-state index contributed by atoms with van der Waals surface area (Å²) in [6.45, 7) is 2.66. The predicted octanol–water partition coefficient (Wildman–Crippen LogP) is 5.11. The molecule has 3 fully saturated rings. The fourth-order valence-corrected chi connectivity index (χ4v) is 6.80. The molecule has 4 aromatic rings. The summed E-state index contributed by atoms with van der Waals surface area (Å²) in [5, 5.41) is 8.79. The van der Waals surface area contributed by atoms with E-state index in [-0.39, 0.29) is 48.1 Å². The lowest BCUT2D eigenvalue weighted by Gasteiger charge is -2.24. The van der Waals surface area contributed by atoms with Gasteiger partial charge >= 0.3 is 19.4 Å². The minimum atomic E-state index is -3.46. The molecule has 2 saturated carbocycles. The second kappa shape index (κ2) is 13.6. The van der Waals surface area contributed by atoms with Gasteiger partial charge in [0, 0.05) is 66.6 Å². The van der Waals surface area contributed by atoms with Crippen LogP contribution in [0.5, 0.6) is 0 Å². The maximum Gasteiger partial charge on any atom is 0.798 e. The van der Waals surface area contributed by atoms with Crippen molar-refractivity contribution in [3.8, 4) is 0 Å². The Bertz CT molecular complexity index is 2270. The monoisotopic (exact) mass is 740 g/mol. The van der Waals surface area contributed by atoms with E-state index in [2.05, 4.69) is 4.65 Å². The average Bonchev–Trinajstić information content (AvgIpc) is 3.96. The van der Waals surface area contributed by atoms with Crippen LogP contribution < -0.4 is 21.5 Å². The van der Waals surface area contributed by atoms with E-state index in [0.717, 1.165) is 23.0 Å². The summed E-state index contributed by atoms with van der Waals surface area (Å²) >= 11 is 0. The Hall–Kier alpha value is -4.94. The third-order valence-electron chi connectivity index (χ3n) is 9.64. The fraction of sp³-hybridized carbons (Fsp3) is 0.394. The van der Waals surface area contributed by atoms with E-state index in [0.29, 0.717) is 17.1 Å². The Morgan fingerprint density at radius 2 is 1.38 bits per heavy atom. The summed E-state index contributed by atoms with van der Waals surface area (Å²) in [7, 11) is -3.46. The van der Waals surface area contributed by atoms with Crippen LogP contribution >= 0.6 is 0 Å². The van der Waals surface area contributed by atoms with Gasteiger partial charge in [0.25, 0.3) is 0 Å². The Kier molecular flexibility index (Phi) is 9.61. The van der Waals surface area contributed by atoms with Crippen molar-refractivity contribution >= 4 is 46.9 Å². The largest absolute Gasteiger partial charge is 0.798 e. The lowest BCUT2D eigenvalue weighted by Crippen LogP contribution is -2.30. The lowest BCUT2D eigenvalue weighted by molar-refractivity contribution is 0.0682. The highest BCUT2D eigenvalue weighted by molar-refractivity contribution is 6.38. The van der Waals surface area contributed by atoms with Crippen molar-refractivity contribution < 1.29 is 54.3 Å². The molecule has 2 aromatic heterocycles. The van der Waals surface area contributed by atoms with Gasteiger partial charge in [-0.25, -0.2) is 40.2 Å². The van der Waals surface area contributed by atoms with Crippen molar-refractivity contribution in [1.82, 2.24) is 9.13 Å². The van der Waals surface area contributed by atoms with E-state index < -0.39 is 107 Å². The maximum absolute atomic E-state index is 15.0. The van der Waals surface area contributed by atoms with Crippen molar-refractivity contribution in [3.05, 3.63) is 84.7 Å². The number of carbonyl (C=O) groups is 2. The smallest absolute Gasteiger partial charge is 0.477 e. The van der Waals surface area contributed by atoms with Crippen LogP contribution in [0.15, 0.2) is 34.1 Å². The normalized spacial score (nSPS) is 23.4. The van der Waals surface area contributed by atoms with Crippen LogP contribution in [0.3, 0.4) is 0 Å². The van der Waals surface area contributed by atoms with Crippen LogP contribution in [0.25, 0.3) is 21.8 Å². The van der Waals surface area contributed by atoms with Gasteiger partial charge in [0.15, 0.2) is 11.6 Å². The molecule has 3 aliphatic rings. The first-order valence-corrected chi connectivity index (χ1v) is 15.9. The number of aromatic nitrogens is 2. The molecule has 3 N–H and O–H groups in total. The van der Waals surface area contributed by atoms with E-state index in [1.165, 1.54) is 11.5 Å². The van der Waals surface area contributed by atoms with Gasteiger partial charge in [-0.05, 0) is 31.5 Å². The number of pyridine rings is 2. The maximum atomic E-state index is 15.0. The van der Waals surface area contributed by atoms with Gasteiger partial charge in [0.2, 0.25) is 10.9 Å². The summed E-state index contributed by atoms with van der Waals surface area (Å²) in [6, 6.07) is -0.292. The number of carboxylic acid groups (broad SMARTS) is 1. The first-order valence-electron chi connectivity index (χ1n) is 15.9. The number of anilines is 1. The first-order chi connectivity index (χ1) is 24.5. The predicted molar refractivity (Wildman–Crippen MR) is 173 cm³/mol. The number of aryl methyl sites for hydroxylation is 2. The van der Waals surface area contributed by atoms with Gasteiger partial charge in [-0.2, -0.15) is 0 Å². The molecule has 19 heteroatoms. The van der Waals surface area contributed by atoms with Crippen molar-refractivity contribution in [2.24, 2.45) is 11.7 Å². The molecule has 10 nitrogen and oxygen atoms in total. The van der Waals surface area contributed by atoms with E-state index in [9.17, 15) is 59.3 Å². The number of halogens is 8. The number of benzene rings is 2. The minimum absolute atomic E-state index is 0.0414. The second-order valence-electron chi connectivity index (χ2n) is 13.1. The Balaban J connectivity index is 0.000000181. The van der Waals surface area contributed by atoms with Crippen molar-refractivity contribution in [2.75, 3.05) is 24.7 Å². The number of aromatic carboxylic acids is 1. The molecule has 0 bridgehead atoms. The molecule has 0 radical (unpaired) electrons. The third-order valence-corrected chi connectivity index (χ3v) is 9.64. The molecule has 2 aliphatic carbocycles. The van der Waals surface area contributed by atoms with E-state index in [1.54, 1.807) is 11.8 Å². The molecule has 0 spiro atoms. The Labute approximate surface area is 288 Å². The molecular weight excluding hydrogens is 711 g/mol. The number of rotatable bonds is 7. The van der Waals surface area contributed by atoms with E-state index >= 15 is 0 Å². The zero-order chi connectivity index (χ0) is 38.1. The fourth-order valence-electron chi connectivity index (χ4n) is 6.80. The third kappa shape index (κ3) is 6.39. The molecule has 0 amide bonds. The van der Waals surface area contributed by atoms with Crippen molar-refractivity contribution in [3.63, 3.8) is 0 Å². The van der Waals surface area contributed by atoms with Gasteiger partial charge in [-0.1, -0.05) is 0 Å². The van der Waals surface area contributed by atoms with Crippen LogP contribution in [0.1, 0.15) is 56.8 Å². The zero-order valence-electron chi connectivity index (χ0n) is 27.3. The number of hydrogen-bond donors (Lipinski definition) is 2. The number of nitrogens with two attached hydrogens (primary N) is 1. The van der Waals surface area contributed by atoms with Gasteiger partial charge < -0.3 is 29.5 Å². The highest BCUT2D eigenvalue weighted by Gasteiger charge is 2.42. The zero-order valence-corrected chi connectivity index (χ0v) is 27.3. The van der Waals surface area contributed by atoms with Crippen LogP contribution in [0.2, 0.25) is 0 Å². The van der Waals surface area contributed by atoms with Crippen LogP contribution in [-0.2, 0) is 4.65 Å². The number of alkyl halides is 3. The SMILES string of the molecule is Cc1c(F)c(F)cc2c(=O)c(C(=O)OB(F)F)cn([C@@H]3C[C@@H]3F)c12.Cc1c(N2C[C@H](CF)[C@H](N)C2)c(F)cc2c(=O)c(C(=O)O)cn([C@@H]3C[C@@H]3F)c12. The van der Waals surface area contributed by atoms with E-state index in [4.69, 9.17) is 5.73 Å². The summed E-state index contributed by atoms with van der Waals surface area (Å²) in [4.78, 5) is 49.6. The van der Waals surface area contributed by atoms with Crippen molar-refractivity contribution in [2.45, 2.75) is 57.2 Å². The Morgan fingerprint density at radius 1 is 0.885 bits per heavy atom. The molecule has 2 aromatic carbocycles. The molecule has 6 atom stereocenters. The summed E-state index contributed by atoms with van der Waals surface area (Å²) in [5.41, 5.74) is 3.25. The topological polar surface area (TPSA) is 137 Å². The van der Waals surface area contributed by atoms with Gasteiger partial charge in [-0.3, -0.25) is 14.0 Å². The van der Waals surface area contributed by atoms with Gasteiger partial charge in [0.1, 0.15) is 29.3 Å². The molecule has 1 saturated heterocycles. The lowest BCUT2D eigenvalue weighted by atomic mass is 10.0. The molecule has 276 valence electrons. The quantitative estimate of drug-likeness (QED) is 0.197. The number of carbonyl (C=O) groups excluding carboxylic acids is 1. The number of carboxylic acids is 1. The number of fused-ring (bicyclic) bond motifs is 2. The van der Waals surface area contributed by atoms with E-state index in [1.807, 2.05) is 0 Å². The summed E-state index contributed by atoms with van der Waals surface area (Å²) in [6.07, 6.45) is -0.240. The molecule has 7 rings (SSSR count). The van der Waals surface area contributed by atoms with Crippen molar-refractivity contribution in [1.29, 1.82) is 0 Å². The number of nitrogens with zero attached hydrogens (tertiary/aromatic N) is 3. The van der Waals surface area contributed by atoms with Crippen LogP contribution in [0, 0.1) is 37.2 Å². The highest BCUT2D eigenvalue weighted by Crippen LogP contribution is 2.43. The van der Waals surface area contributed by atoms with Gasteiger partial charge in [-0.15, -0.1) is 0 Å². The molecule has 52 heavy (non-hydrogen) atoms. The first kappa shape index (κ1) is 36.8. The Morgan fingerprint density at radius 3 is 1.87 bits per heavy atom. The standard InChI is InChI=1S/C19H20F3N3O3.C14H9BF5NO3/c1-8-16-10(2-13(22)17(8)24-5-9(4-20)14(23)7-24)18(26)11(19(27)28)6-25(16)15-3-12(15)21;1-5-11(18)9(17)2-6-12(5)21(10-3-8(10)16)4-7(13(6)22)14(23)24-15(19)20/h2,6,9,12,14-15H,3-5,7,23H2,1H3,(H,27,28);2,4,8,10H,3H2,1H3/t9-,12-,14+,15+;8-,10+/m00/s1. The average molecular weight is 740 g/mol. The van der Waals surface area contributed by atoms with Gasteiger partial charge in [0.05, 0.1) is 35.5 Å². The summed E-state index contributed by atoms with van der Waals surface area (Å²) in [5.74, 6) is -6.76. The summed E-state index contributed by atoms with van der Waals surface area (Å²) < 4.78 is 113. The van der Waals surface area contributed by atoms with Crippen LogP contribution in [-0.4, -0.2) is 71.8 Å². The van der Waals surface area contributed by atoms with Crippen LogP contribution in [0.4, 0.5) is 40.7 Å². The molecule has 0 unspecified atom stereocenters. The minimum Gasteiger partial charge on any atom is -0.477 e. The highest BCUT2D eigenvalue weighted by atomic mass is 19.2. The second-order valence-corrected chi connectivity index (χ2v) is 13.1.